The first kappa shape index (κ1) is 19.8. The summed E-state index contributed by atoms with van der Waals surface area (Å²) in [5.74, 6) is -4.46. The lowest BCUT2D eigenvalue weighted by atomic mass is 10.1. The molecule has 8 nitrogen and oxygen atoms in total. The van der Waals surface area contributed by atoms with Crippen molar-refractivity contribution < 1.29 is 47.3 Å². The van der Waals surface area contributed by atoms with E-state index in [-0.39, 0.29) is 28.8 Å². The highest BCUT2D eigenvalue weighted by Gasteiger charge is 2.45. The summed E-state index contributed by atoms with van der Waals surface area (Å²) in [6, 6.07) is 0. The van der Waals surface area contributed by atoms with Gasteiger partial charge in [0.05, 0.1) is 17.0 Å². The Bertz CT molecular complexity index is 590. The first-order valence-electron chi connectivity index (χ1n) is 6.29. The molecule has 2 aliphatic rings. The monoisotopic (exact) mass is 371 g/mol. The van der Waals surface area contributed by atoms with Gasteiger partial charge in [-0.05, 0) is 6.08 Å². The summed E-state index contributed by atoms with van der Waals surface area (Å²) in [4.78, 5) is 43.1. The number of halogens is 3. The zero-order chi connectivity index (χ0) is 18.7. The quantitative estimate of drug-likeness (QED) is 0.553. The number of hydrogen-bond acceptors (Lipinski definition) is 6. The van der Waals surface area contributed by atoms with Crippen LogP contribution >= 0.6 is 11.8 Å². The lowest BCUT2D eigenvalue weighted by molar-refractivity contribution is -0.192. The van der Waals surface area contributed by atoms with Crippen LogP contribution in [0, 0.1) is 0 Å². The number of aliphatic carboxylic acids is 2. The van der Waals surface area contributed by atoms with E-state index in [1.165, 1.54) is 29.7 Å². The molecule has 2 aliphatic heterocycles. The van der Waals surface area contributed by atoms with Crippen LogP contribution in [0.2, 0.25) is 0 Å². The number of amides is 1. The molecule has 12 heteroatoms. The van der Waals surface area contributed by atoms with Crippen LogP contribution in [0.25, 0.3) is 0 Å². The summed E-state index contributed by atoms with van der Waals surface area (Å²) >= 11 is 1.44. The van der Waals surface area contributed by atoms with Crippen LogP contribution in [0.15, 0.2) is 11.8 Å². The second kappa shape index (κ2) is 7.55. The predicted octanol–water partition coefficient (Wildman–Crippen LogP) is 0.825. The number of nitrogens with zero attached hydrogens (tertiary/aromatic N) is 1. The SMILES string of the molecule is CC(=O)OCC1C=C(C(=O)O)N2C(=O)C[C@H]2S1.O=C(O)C(F)(F)F. The third-order valence-electron chi connectivity index (χ3n) is 2.75. The number of carbonyl (C=O) groups is 4. The van der Waals surface area contributed by atoms with E-state index >= 15 is 0 Å². The van der Waals surface area contributed by atoms with E-state index in [0.29, 0.717) is 6.42 Å². The Kier molecular flexibility index (Phi) is 6.23. The molecule has 0 aromatic heterocycles. The highest BCUT2D eigenvalue weighted by atomic mass is 32.2. The van der Waals surface area contributed by atoms with E-state index in [1.807, 2.05) is 0 Å². The maximum atomic E-state index is 11.3. The molecule has 1 unspecified atom stereocenters. The number of carboxylic acids is 2. The fourth-order valence-electron chi connectivity index (χ4n) is 1.74. The van der Waals surface area contributed by atoms with Crippen LogP contribution in [-0.2, 0) is 23.9 Å². The third-order valence-corrected chi connectivity index (χ3v) is 4.07. The molecule has 2 heterocycles. The van der Waals surface area contributed by atoms with E-state index in [0.717, 1.165) is 0 Å². The van der Waals surface area contributed by atoms with Crippen LogP contribution in [0.4, 0.5) is 13.2 Å². The number of thioether (sulfide) groups is 1. The number of fused-ring (bicyclic) bond motifs is 1. The number of ether oxygens (including phenoxy) is 1. The van der Waals surface area contributed by atoms with Crippen LogP contribution in [0.1, 0.15) is 13.3 Å². The van der Waals surface area contributed by atoms with Crippen molar-refractivity contribution in [1.29, 1.82) is 0 Å². The number of esters is 1. The summed E-state index contributed by atoms with van der Waals surface area (Å²) in [6.07, 6.45) is -3.28. The van der Waals surface area contributed by atoms with E-state index in [2.05, 4.69) is 0 Å². The molecule has 0 radical (unpaired) electrons. The average molecular weight is 371 g/mol. The molecule has 0 spiro atoms. The molecule has 1 saturated heterocycles. The highest BCUT2D eigenvalue weighted by molar-refractivity contribution is 8.00. The van der Waals surface area contributed by atoms with Crippen LogP contribution in [-0.4, -0.2) is 62.3 Å². The van der Waals surface area contributed by atoms with Gasteiger partial charge in [-0.25, -0.2) is 9.59 Å². The number of carboxylic acid groups (broad SMARTS) is 2. The molecular weight excluding hydrogens is 359 g/mol. The van der Waals surface area contributed by atoms with E-state index in [4.69, 9.17) is 19.7 Å². The molecule has 0 aromatic carbocycles. The van der Waals surface area contributed by atoms with Gasteiger partial charge in [-0.3, -0.25) is 14.5 Å². The first-order valence-corrected chi connectivity index (χ1v) is 7.24. The van der Waals surface area contributed by atoms with Crippen LogP contribution in [0.5, 0.6) is 0 Å². The van der Waals surface area contributed by atoms with Gasteiger partial charge >= 0.3 is 24.1 Å². The molecule has 24 heavy (non-hydrogen) atoms. The topological polar surface area (TPSA) is 121 Å². The van der Waals surface area contributed by atoms with Crippen LogP contribution < -0.4 is 0 Å². The first-order chi connectivity index (χ1) is 10.9. The minimum Gasteiger partial charge on any atom is -0.477 e. The van der Waals surface area contributed by atoms with E-state index in [9.17, 15) is 27.6 Å². The number of carbonyl (C=O) groups excluding carboxylic acids is 2. The van der Waals surface area contributed by atoms with Gasteiger partial charge in [-0.15, -0.1) is 11.8 Å². The number of hydrogen-bond donors (Lipinski definition) is 2. The molecule has 2 rings (SSSR count). The van der Waals surface area contributed by atoms with Crippen molar-refractivity contribution in [1.82, 2.24) is 4.90 Å². The largest absolute Gasteiger partial charge is 0.490 e. The van der Waals surface area contributed by atoms with Crippen molar-refractivity contribution in [3.8, 4) is 0 Å². The molecule has 0 aliphatic carbocycles. The summed E-state index contributed by atoms with van der Waals surface area (Å²) in [6.45, 7) is 1.43. The zero-order valence-electron chi connectivity index (χ0n) is 12.1. The molecule has 134 valence electrons. The Morgan fingerprint density at radius 2 is 1.92 bits per heavy atom. The van der Waals surface area contributed by atoms with Gasteiger partial charge in [-0.2, -0.15) is 13.2 Å². The van der Waals surface area contributed by atoms with Gasteiger partial charge in [0.15, 0.2) is 0 Å². The van der Waals surface area contributed by atoms with E-state index in [1.54, 1.807) is 0 Å². The summed E-state index contributed by atoms with van der Waals surface area (Å²) in [5, 5.41) is 15.8. The number of alkyl halides is 3. The summed E-state index contributed by atoms with van der Waals surface area (Å²) in [5.41, 5.74) is -0.0119. The van der Waals surface area contributed by atoms with Gasteiger partial charge in [0, 0.05) is 6.92 Å². The van der Waals surface area contributed by atoms with Crippen molar-refractivity contribution in [3.63, 3.8) is 0 Å². The summed E-state index contributed by atoms with van der Waals surface area (Å²) < 4.78 is 36.6. The van der Waals surface area contributed by atoms with E-state index < -0.39 is 24.1 Å². The molecule has 0 aromatic rings. The molecule has 2 N–H and O–H groups in total. The molecule has 0 bridgehead atoms. The van der Waals surface area contributed by atoms with Gasteiger partial charge in [0.2, 0.25) is 5.91 Å². The normalized spacial score (nSPS) is 22.2. The summed E-state index contributed by atoms with van der Waals surface area (Å²) in [7, 11) is 0. The van der Waals surface area contributed by atoms with Crippen LogP contribution in [0.3, 0.4) is 0 Å². The van der Waals surface area contributed by atoms with Crippen molar-refractivity contribution in [2.75, 3.05) is 6.61 Å². The predicted molar refractivity (Wildman–Crippen MR) is 72.7 cm³/mol. The van der Waals surface area contributed by atoms with Gasteiger partial charge in [0.1, 0.15) is 12.3 Å². The number of rotatable bonds is 3. The second-order valence-corrected chi connectivity index (χ2v) is 5.98. The standard InChI is InChI=1S/C10H11NO5S.C2HF3O2/c1-5(12)16-4-6-2-7(10(14)15)11-8(13)3-9(11)17-6;3-2(4,5)1(6)7/h2,6,9H,3-4H2,1H3,(H,14,15);(H,6,7)/t6?,9-;/m1./s1. The van der Waals surface area contributed by atoms with Gasteiger partial charge in [0.25, 0.3) is 0 Å². The minimum atomic E-state index is -5.08. The third kappa shape index (κ3) is 5.15. The lowest BCUT2D eigenvalue weighted by Crippen LogP contribution is -2.54. The fourth-order valence-corrected chi connectivity index (χ4v) is 3.09. The van der Waals surface area contributed by atoms with Gasteiger partial charge < -0.3 is 14.9 Å². The molecule has 2 atom stereocenters. The second-order valence-electron chi connectivity index (χ2n) is 4.56. The number of β-lactam (4-membered cyclic amide) rings is 1. The molecule has 1 fully saturated rings. The fraction of sp³-hybridized carbons (Fsp3) is 0.500. The Balaban J connectivity index is 0.000000351. The molecule has 1 amide bonds. The average Bonchev–Trinajstić information content (AvgIpc) is 2.42. The Labute approximate surface area is 137 Å². The van der Waals surface area contributed by atoms with Crippen molar-refractivity contribution in [2.45, 2.75) is 30.1 Å². The lowest BCUT2D eigenvalue weighted by Gasteiger charge is -2.44. The molecule has 0 saturated carbocycles. The zero-order valence-corrected chi connectivity index (χ0v) is 12.9. The van der Waals surface area contributed by atoms with Crippen molar-refractivity contribution >= 4 is 35.6 Å². The van der Waals surface area contributed by atoms with Crippen molar-refractivity contribution in [2.24, 2.45) is 0 Å². The molecular formula is C12H12F3NO7S. The Morgan fingerprint density at radius 3 is 2.29 bits per heavy atom. The Hall–Kier alpha value is -2.24. The van der Waals surface area contributed by atoms with Crippen molar-refractivity contribution in [3.05, 3.63) is 11.8 Å². The maximum absolute atomic E-state index is 11.3. The minimum absolute atomic E-state index is 0.0119. The smallest absolute Gasteiger partial charge is 0.477 e. The maximum Gasteiger partial charge on any atom is 0.490 e. The van der Waals surface area contributed by atoms with Gasteiger partial charge in [-0.1, -0.05) is 0 Å². The highest BCUT2D eigenvalue weighted by Crippen LogP contribution is 2.40. The Morgan fingerprint density at radius 1 is 1.38 bits per heavy atom.